The van der Waals surface area contributed by atoms with Crippen LogP contribution in [0.25, 0.3) is 11.0 Å². The number of aliphatic imine (C=N–C) groups is 1. The second-order valence-electron chi connectivity index (χ2n) is 5.57. The number of nitrogens with zero attached hydrogens (tertiary/aromatic N) is 3. The first-order chi connectivity index (χ1) is 11.4. The van der Waals surface area contributed by atoms with Crippen molar-refractivity contribution in [2.45, 2.75) is 6.92 Å². The van der Waals surface area contributed by atoms with E-state index in [0.29, 0.717) is 27.4 Å². The molecular weight excluding hydrogens is 347 g/mol. The van der Waals surface area contributed by atoms with Gasteiger partial charge in [-0.1, -0.05) is 23.2 Å². The average molecular weight is 363 g/mol. The molecule has 2 heterocycles. The van der Waals surface area contributed by atoms with E-state index in [0.717, 1.165) is 16.6 Å². The molecule has 0 radical (unpaired) electrons. The molecule has 5 nitrogen and oxygen atoms in total. The molecule has 0 bridgehead atoms. The molecule has 1 N–H and O–H groups in total. The Balaban J connectivity index is 1.92. The largest absolute Gasteiger partial charge is 0.436 e. The van der Waals surface area contributed by atoms with E-state index in [-0.39, 0.29) is 0 Å². The highest BCUT2D eigenvalue weighted by atomic mass is 35.5. The number of aryl methyl sites for hydroxylation is 1. The van der Waals surface area contributed by atoms with Gasteiger partial charge in [0.2, 0.25) is 5.88 Å². The molecular formula is C17H16Cl2N4O. The van der Waals surface area contributed by atoms with Gasteiger partial charge in [-0.15, -0.1) is 0 Å². The second kappa shape index (κ2) is 6.71. The Morgan fingerprint density at radius 3 is 2.58 bits per heavy atom. The second-order valence-corrected chi connectivity index (χ2v) is 6.38. The van der Waals surface area contributed by atoms with Crippen LogP contribution in [-0.4, -0.2) is 35.3 Å². The maximum absolute atomic E-state index is 6.30. The van der Waals surface area contributed by atoms with Crippen molar-refractivity contribution in [3.63, 3.8) is 0 Å². The lowest BCUT2D eigenvalue weighted by Crippen LogP contribution is -2.06. The molecule has 0 saturated carbocycles. The number of aromatic nitrogens is 2. The zero-order chi connectivity index (χ0) is 17.3. The van der Waals surface area contributed by atoms with Crippen LogP contribution in [0.4, 0.5) is 5.69 Å². The molecule has 0 fully saturated rings. The van der Waals surface area contributed by atoms with Gasteiger partial charge in [-0.3, -0.25) is 0 Å². The Morgan fingerprint density at radius 1 is 1.21 bits per heavy atom. The quantitative estimate of drug-likeness (QED) is 0.513. The van der Waals surface area contributed by atoms with E-state index in [4.69, 9.17) is 27.9 Å². The summed E-state index contributed by atoms with van der Waals surface area (Å²) in [5.74, 6) is 0.792. The number of pyridine rings is 1. The zero-order valence-electron chi connectivity index (χ0n) is 13.5. The fourth-order valence-corrected chi connectivity index (χ4v) is 2.73. The number of H-pyrrole nitrogens is 1. The number of nitrogens with one attached hydrogen (secondary N) is 1. The molecule has 2 aromatic heterocycles. The lowest BCUT2D eigenvalue weighted by atomic mass is 10.3. The van der Waals surface area contributed by atoms with Crippen molar-refractivity contribution in [3.05, 3.63) is 46.1 Å². The number of hydrogen-bond donors (Lipinski definition) is 1. The van der Waals surface area contributed by atoms with Crippen molar-refractivity contribution in [2.24, 2.45) is 4.99 Å². The van der Waals surface area contributed by atoms with Crippen LogP contribution in [0.2, 0.25) is 10.0 Å². The molecule has 3 rings (SSSR count). The third-order valence-electron chi connectivity index (χ3n) is 3.31. The van der Waals surface area contributed by atoms with Gasteiger partial charge in [0.15, 0.2) is 5.75 Å². The molecule has 0 atom stereocenters. The Bertz CT molecular complexity index is 895. The summed E-state index contributed by atoms with van der Waals surface area (Å²) in [4.78, 5) is 13.7. The highest BCUT2D eigenvalue weighted by Gasteiger charge is 2.12. The van der Waals surface area contributed by atoms with Gasteiger partial charge < -0.3 is 14.6 Å². The van der Waals surface area contributed by atoms with E-state index < -0.39 is 0 Å². The van der Waals surface area contributed by atoms with Crippen molar-refractivity contribution in [1.29, 1.82) is 0 Å². The number of aromatic amines is 1. The molecule has 0 amide bonds. The predicted molar refractivity (Wildman–Crippen MR) is 99.2 cm³/mol. The summed E-state index contributed by atoms with van der Waals surface area (Å²) >= 11 is 12.6. The molecule has 3 aromatic rings. The fourth-order valence-electron chi connectivity index (χ4n) is 2.17. The van der Waals surface area contributed by atoms with Gasteiger partial charge in [0, 0.05) is 26.4 Å². The molecule has 0 aliphatic carbocycles. The molecule has 0 aliphatic rings. The maximum atomic E-state index is 6.30. The first-order valence-corrected chi connectivity index (χ1v) is 8.02. The molecule has 24 heavy (non-hydrogen) atoms. The first kappa shape index (κ1) is 16.6. The Morgan fingerprint density at radius 2 is 1.92 bits per heavy atom. The molecule has 124 valence electrons. The molecule has 0 spiro atoms. The Kier molecular flexibility index (Phi) is 4.64. The van der Waals surface area contributed by atoms with Gasteiger partial charge >= 0.3 is 0 Å². The Labute approximate surface area is 149 Å². The van der Waals surface area contributed by atoms with E-state index >= 15 is 0 Å². The summed E-state index contributed by atoms with van der Waals surface area (Å²) in [6.45, 7) is 1.98. The Hall–Kier alpha value is -2.24. The summed E-state index contributed by atoms with van der Waals surface area (Å²) in [6, 6.07) is 7.07. The average Bonchev–Trinajstić information content (AvgIpc) is 2.90. The van der Waals surface area contributed by atoms with Gasteiger partial charge in [0.25, 0.3) is 0 Å². The monoisotopic (exact) mass is 362 g/mol. The number of halogens is 2. The minimum absolute atomic E-state index is 0.363. The van der Waals surface area contributed by atoms with Crippen LogP contribution in [0.15, 0.2) is 35.5 Å². The van der Waals surface area contributed by atoms with Gasteiger partial charge in [-0.05, 0) is 30.7 Å². The van der Waals surface area contributed by atoms with Gasteiger partial charge in [-0.2, -0.15) is 0 Å². The topological polar surface area (TPSA) is 53.5 Å². The van der Waals surface area contributed by atoms with Crippen LogP contribution in [0.3, 0.4) is 0 Å². The van der Waals surface area contributed by atoms with Crippen molar-refractivity contribution in [3.8, 4) is 11.6 Å². The summed E-state index contributed by atoms with van der Waals surface area (Å²) < 4.78 is 5.80. The summed E-state index contributed by atoms with van der Waals surface area (Å²) in [5.41, 5.74) is 3.49. The standard InChI is InChI=1S/C17H16Cl2N4O/c1-10-8-20-14-4-5-15(22-16(10)14)24-17-12(18)6-11(7-13(17)19)21-9-23(2)3/h4-9,20H,1-3H3. The smallest absolute Gasteiger partial charge is 0.220 e. The third kappa shape index (κ3) is 3.47. The number of rotatable bonds is 4. The number of benzene rings is 1. The van der Waals surface area contributed by atoms with Crippen LogP contribution in [0, 0.1) is 6.92 Å². The van der Waals surface area contributed by atoms with Crippen molar-refractivity contribution in [1.82, 2.24) is 14.9 Å². The first-order valence-electron chi connectivity index (χ1n) is 7.26. The van der Waals surface area contributed by atoms with Crippen LogP contribution in [0.5, 0.6) is 11.6 Å². The number of hydrogen-bond acceptors (Lipinski definition) is 3. The lowest BCUT2D eigenvalue weighted by Gasteiger charge is -2.10. The van der Waals surface area contributed by atoms with Crippen molar-refractivity contribution < 1.29 is 4.74 Å². The summed E-state index contributed by atoms with van der Waals surface area (Å²) in [6.07, 6.45) is 3.58. The van der Waals surface area contributed by atoms with Gasteiger partial charge in [0.05, 0.1) is 33.1 Å². The van der Waals surface area contributed by atoms with E-state index in [1.165, 1.54) is 0 Å². The fraction of sp³-hybridized carbons (Fsp3) is 0.176. The van der Waals surface area contributed by atoms with E-state index in [1.807, 2.05) is 38.2 Å². The summed E-state index contributed by atoms with van der Waals surface area (Å²) in [7, 11) is 3.77. The lowest BCUT2D eigenvalue weighted by molar-refractivity contribution is 0.465. The molecule has 0 aliphatic heterocycles. The van der Waals surface area contributed by atoms with Gasteiger partial charge in [-0.25, -0.2) is 9.98 Å². The SMILES string of the molecule is Cc1c[nH]c2ccc(Oc3c(Cl)cc(N=CN(C)C)cc3Cl)nc12. The van der Waals surface area contributed by atoms with E-state index in [1.54, 1.807) is 24.5 Å². The van der Waals surface area contributed by atoms with Crippen molar-refractivity contribution >= 4 is 46.3 Å². The summed E-state index contributed by atoms with van der Waals surface area (Å²) in [5, 5.41) is 0.752. The van der Waals surface area contributed by atoms with E-state index in [9.17, 15) is 0 Å². The number of ether oxygens (including phenoxy) is 1. The molecule has 1 aromatic carbocycles. The van der Waals surface area contributed by atoms with Crippen LogP contribution in [-0.2, 0) is 0 Å². The molecule has 7 heteroatoms. The van der Waals surface area contributed by atoms with Crippen LogP contribution in [0.1, 0.15) is 5.56 Å². The third-order valence-corrected chi connectivity index (χ3v) is 3.88. The van der Waals surface area contributed by atoms with E-state index in [2.05, 4.69) is 15.0 Å². The molecule has 0 unspecified atom stereocenters. The van der Waals surface area contributed by atoms with Crippen molar-refractivity contribution in [2.75, 3.05) is 14.1 Å². The maximum Gasteiger partial charge on any atom is 0.220 e. The zero-order valence-corrected chi connectivity index (χ0v) is 15.0. The minimum atomic E-state index is 0.363. The predicted octanol–water partition coefficient (Wildman–Crippen LogP) is 5.19. The highest BCUT2D eigenvalue weighted by molar-refractivity contribution is 6.37. The normalized spacial score (nSPS) is 11.4. The molecule has 0 saturated heterocycles. The minimum Gasteiger partial charge on any atom is -0.436 e. The highest BCUT2D eigenvalue weighted by Crippen LogP contribution is 2.39. The van der Waals surface area contributed by atoms with Gasteiger partial charge in [0.1, 0.15) is 0 Å². The number of fused-ring (bicyclic) bond motifs is 1. The van der Waals surface area contributed by atoms with Crippen LogP contribution < -0.4 is 4.74 Å². The van der Waals surface area contributed by atoms with Crippen LogP contribution >= 0.6 is 23.2 Å².